The molecule has 182 valence electrons. The van der Waals surface area contributed by atoms with Crippen LogP contribution in [0.2, 0.25) is 0 Å². The number of carbonyl (C=O) groups excluding carboxylic acids is 1. The van der Waals surface area contributed by atoms with E-state index in [0.29, 0.717) is 22.9 Å². The molecule has 0 aliphatic rings. The van der Waals surface area contributed by atoms with Gasteiger partial charge >= 0.3 is 12.1 Å². The van der Waals surface area contributed by atoms with Crippen LogP contribution in [-0.4, -0.2) is 34.0 Å². The molecule has 0 spiro atoms. The maximum atomic E-state index is 12.7. The Hall–Kier alpha value is -4.21. The van der Waals surface area contributed by atoms with Crippen molar-refractivity contribution in [1.29, 1.82) is 0 Å². The molecule has 0 saturated carbocycles. The third-order valence-corrected chi connectivity index (χ3v) is 5.34. The molecular weight excluding hydrogens is 461 g/mol. The summed E-state index contributed by atoms with van der Waals surface area (Å²) in [5.74, 6) is -0.856. The number of aliphatic carboxylic acids is 1. The molecule has 0 aliphatic heterocycles. The van der Waals surface area contributed by atoms with Gasteiger partial charge < -0.3 is 15.3 Å². The lowest BCUT2D eigenvalue weighted by molar-refractivity contribution is -0.138. The van der Waals surface area contributed by atoms with Gasteiger partial charge in [-0.1, -0.05) is 25.6 Å². The molecule has 2 aromatic carbocycles. The van der Waals surface area contributed by atoms with Gasteiger partial charge in [0.05, 0.1) is 12.0 Å². The van der Waals surface area contributed by atoms with Crippen LogP contribution in [0.15, 0.2) is 67.5 Å². The molecule has 3 rings (SSSR count). The minimum Gasteiger partial charge on any atom is -0.481 e. The Morgan fingerprint density at radius 3 is 2.31 bits per heavy atom. The van der Waals surface area contributed by atoms with Crippen molar-refractivity contribution in [3.8, 4) is 0 Å². The zero-order chi connectivity index (χ0) is 25.8. The summed E-state index contributed by atoms with van der Waals surface area (Å²) in [4.78, 5) is 34.0. The van der Waals surface area contributed by atoms with Crippen molar-refractivity contribution in [2.75, 3.05) is 17.3 Å². The molecule has 1 atom stereocenters. The number of nitrogens with one attached hydrogen (secondary N) is 1. The van der Waals surface area contributed by atoms with Crippen molar-refractivity contribution < 1.29 is 27.9 Å². The Morgan fingerprint density at radius 2 is 1.77 bits per heavy atom. The lowest BCUT2D eigenvalue weighted by atomic mass is 9.99. The zero-order valence-corrected chi connectivity index (χ0v) is 19.0. The minimum atomic E-state index is -4.47. The second-order valence-corrected chi connectivity index (χ2v) is 7.81. The molecule has 3 aromatic rings. The topological polar surface area (TPSA) is 95.4 Å². The number of aromatic nitrogens is 2. The molecule has 1 aromatic heterocycles. The summed E-state index contributed by atoms with van der Waals surface area (Å²) >= 11 is 0. The van der Waals surface area contributed by atoms with Crippen LogP contribution in [0.25, 0.3) is 0 Å². The van der Waals surface area contributed by atoms with Crippen LogP contribution in [-0.2, 0) is 17.4 Å². The second kappa shape index (κ2) is 10.4. The number of hydrogen-bond acceptors (Lipinski definition) is 5. The first-order valence-electron chi connectivity index (χ1n) is 10.5. The largest absolute Gasteiger partial charge is 0.481 e. The lowest BCUT2D eigenvalue weighted by Crippen LogP contribution is -2.17. The first kappa shape index (κ1) is 25.4. The van der Waals surface area contributed by atoms with Gasteiger partial charge in [0.1, 0.15) is 11.6 Å². The van der Waals surface area contributed by atoms with Crippen molar-refractivity contribution in [3.63, 3.8) is 0 Å². The number of hydrogen-bond donors (Lipinski definition) is 2. The fourth-order valence-corrected chi connectivity index (χ4v) is 3.32. The fraction of sp³-hybridized carbons (Fsp3) is 0.200. The highest BCUT2D eigenvalue weighted by molar-refractivity contribution is 6.04. The Labute approximate surface area is 200 Å². The first-order chi connectivity index (χ1) is 16.5. The summed E-state index contributed by atoms with van der Waals surface area (Å²) in [5.41, 5.74) is 1.04. The monoisotopic (exact) mass is 484 g/mol. The van der Waals surface area contributed by atoms with Gasteiger partial charge in [0, 0.05) is 36.0 Å². The minimum absolute atomic E-state index is 0.101. The highest BCUT2D eigenvalue weighted by Gasteiger charge is 2.30. The fourth-order valence-electron chi connectivity index (χ4n) is 3.32. The van der Waals surface area contributed by atoms with E-state index >= 15 is 0 Å². The molecule has 7 nitrogen and oxygen atoms in total. The number of carboxylic acid groups (broad SMARTS) is 1. The second-order valence-electron chi connectivity index (χ2n) is 7.81. The van der Waals surface area contributed by atoms with Crippen molar-refractivity contribution in [2.45, 2.75) is 25.4 Å². The third-order valence-electron chi connectivity index (χ3n) is 5.34. The van der Waals surface area contributed by atoms with E-state index in [1.54, 1.807) is 36.2 Å². The maximum Gasteiger partial charge on any atom is 0.416 e. The van der Waals surface area contributed by atoms with Gasteiger partial charge in [-0.25, -0.2) is 9.97 Å². The number of benzene rings is 2. The van der Waals surface area contributed by atoms with Crippen molar-refractivity contribution in [2.24, 2.45) is 0 Å². The number of amides is 1. The highest BCUT2D eigenvalue weighted by atomic mass is 19.4. The molecule has 0 radical (unpaired) electrons. The van der Waals surface area contributed by atoms with Gasteiger partial charge in [0.2, 0.25) is 0 Å². The van der Waals surface area contributed by atoms with Gasteiger partial charge in [-0.05, 0) is 48.2 Å². The summed E-state index contributed by atoms with van der Waals surface area (Å²) in [6.45, 7) is 5.58. The number of anilines is 2. The molecule has 0 bridgehead atoms. The average Bonchev–Trinajstić information content (AvgIpc) is 2.83. The van der Waals surface area contributed by atoms with E-state index in [1.165, 1.54) is 12.4 Å². The molecule has 0 fully saturated rings. The van der Waals surface area contributed by atoms with Crippen LogP contribution in [0, 0.1) is 0 Å². The summed E-state index contributed by atoms with van der Waals surface area (Å²) in [5, 5.41) is 11.8. The number of rotatable bonds is 8. The Balaban J connectivity index is 1.75. The lowest BCUT2D eigenvalue weighted by Gasteiger charge is -2.19. The van der Waals surface area contributed by atoms with Crippen molar-refractivity contribution in [3.05, 3.63) is 95.6 Å². The van der Waals surface area contributed by atoms with Crippen LogP contribution in [0.5, 0.6) is 0 Å². The number of carbonyl (C=O) groups is 2. The molecule has 1 unspecified atom stereocenters. The van der Waals surface area contributed by atoms with E-state index in [0.717, 1.165) is 29.8 Å². The predicted molar refractivity (Wildman–Crippen MR) is 125 cm³/mol. The van der Waals surface area contributed by atoms with E-state index < -0.39 is 23.6 Å². The van der Waals surface area contributed by atoms with Gasteiger partial charge in [-0.2, -0.15) is 13.2 Å². The van der Waals surface area contributed by atoms with E-state index in [-0.39, 0.29) is 17.9 Å². The van der Waals surface area contributed by atoms with Crippen molar-refractivity contribution in [1.82, 2.24) is 9.97 Å². The Kier molecular flexibility index (Phi) is 7.53. The van der Waals surface area contributed by atoms with E-state index in [9.17, 15) is 22.8 Å². The Morgan fingerprint density at radius 1 is 1.14 bits per heavy atom. The standard InChI is InChI=1S/C25H23F3N4O3/c1-4-32(3)23-18(13-21(33)34)14-29-22(31-23)15(2)16-7-11-20(12-8-16)30-24(35)17-5-9-19(10-6-17)25(26,27)28/h4-12,14-15H,1,13H2,2-3H3,(H,30,35)(H,33,34). The number of alkyl halides is 3. The van der Waals surface area contributed by atoms with Crippen molar-refractivity contribution >= 4 is 23.4 Å². The van der Waals surface area contributed by atoms with Crippen LogP contribution in [0.4, 0.5) is 24.7 Å². The number of halogens is 3. The third kappa shape index (κ3) is 6.23. The molecule has 2 N–H and O–H groups in total. The average molecular weight is 484 g/mol. The zero-order valence-electron chi connectivity index (χ0n) is 19.0. The Bertz CT molecular complexity index is 1230. The van der Waals surface area contributed by atoms with Crippen LogP contribution < -0.4 is 10.2 Å². The highest BCUT2D eigenvalue weighted by Crippen LogP contribution is 2.29. The summed E-state index contributed by atoms with van der Waals surface area (Å²) in [6, 6.07) is 10.9. The van der Waals surface area contributed by atoms with E-state index in [1.807, 2.05) is 6.92 Å². The molecule has 0 aliphatic carbocycles. The smallest absolute Gasteiger partial charge is 0.416 e. The van der Waals surface area contributed by atoms with Crippen LogP contribution in [0.1, 0.15) is 45.7 Å². The van der Waals surface area contributed by atoms with E-state index in [4.69, 9.17) is 5.11 Å². The first-order valence-corrected chi connectivity index (χ1v) is 10.5. The van der Waals surface area contributed by atoms with Crippen LogP contribution in [0.3, 0.4) is 0 Å². The molecule has 10 heteroatoms. The van der Waals surface area contributed by atoms with Gasteiger partial charge in [0.25, 0.3) is 5.91 Å². The molecule has 1 amide bonds. The van der Waals surface area contributed by atoms with E-state index in [2.05, 4.69) is 21.9 Å². The number of nitrogens with zero attached hydrogens (tertiary/aromatic N) is 3. The SMILES string of the molecule is C=CN(C)c1nc(C(C)c2ccc(NC(=O)c3ccc(C(F)(F)F)cc3)cc2)ncc1CC(=O)O. The molecular formula is C25H23F3N4O3. The number of carboxylic acids is 1. The molecule has 0 saturated heterocycles. The summed E-state index contributed by atoms with van der Waals surface area (Å²) in [6.07, 6.45) is -1.68. The van der Waals surface area contributed by atoms with Gasteiger partial charge in [-0.15, -0.1) is 0 Å². The predicted octanol–water partition coefficient (Wildman–Crippen LogP) is 5.11. The van der Waals surface area contributed by atoms with Gasteiger partial charge in [-0.3, -0.25) is 9.59 Å². The normalized spacial score (nSPS) is 12.0. The molecule has 35 heavy (non-hydrogen) atoms. The maximum absolute atomic E-state index is 12.7. The van der Waals surface area contributed by atoms with Gasteiger partial charge in [0.15, 0.2) is 0 Å². The van der Waals surface area contributed by atoms with Crippen LogP contribution >= 0.6 is 0 Å². The summed E-state index contributed by atoms with van der Waals surface area (Å²) in [7, 11) is 1.71. The quantitative estimate of drug-likeness (QED) is 0.462. The summed E-state index contributed by atoms with van der Waals surface area (Å²) < 4.78 is 38.1. The molecule has 1 heterocycles.